The largest absolute Gasteiger partial charge is 0.314 e. The van der Waals surface area contributed by atoms with Gasteiger partial charge in [-0.05, 0) is 45.6 Å². The molecule has 1 saturated heterocycles. The molecule has 2 nitrogen and oxygen atoms in total. The standard InChI is InChI=1S/C15H32N2/c1-4-9-14(5-2)17-13(3)12-15-10-7-6-8-11-16-15/h13-17H,4-12H2,1-3H3. The summed E-state index contributed by atoms with van der Waals surface area (Å²) in [6.45, 7) is 8.15. The lowest BCUT2D eigenvalue weighted by Gasteiger charge is -2.25. The minimum atomic E-state index is 0.655. The summed E-state index contributed by atoms with van der Waals surface area (Å²) in [6.07, 6.45) is 10.7. The third-order valence-corrected chi connectivity index (χ3v) is 3.95. The van der Waals surface area contributed by atoms with Crippen molar-refractivity contribution in [2.75, 3.05) is 6.54 Å². The Morgan fingerprint density at radius 3 is 2.76 bits per heavy atom. The predicted molar refractivity (Wildman–Crippen MR) is 76.5 cm³/mol. The molecule has 1 fully saturated rings. The highest BCUT2D eigenvalue weighted by Crippen LogP contribution is 2.13. The molecule has 1 aliphatic heterocycles. The molecule has 1 rings (SSSR count). The van der Waals surface area contributed by atoms with E-state index in [4.69, 9.17) is 0 Å². The zero-order valence-electron chi connectivity index (χ0n) is 12.1. The van der Waals surface area contributed by atoms with Crippen molar-refractivity contribution in [3.05, 3.63) is 0 Å². The van der Waals surface area contributed by atoms with Crippen LogP contribution in [-0.2, 0) is 0 Å². The molecular weight excluding hydrogens is 208 g/mol. The lowest BCUT2D eigenvalue weighted by Crippen LogP contribution is -2.41. The molecular formula is C15H32N2. The summed E-state index contributed by atoms with van der Waals surface area (Å²) in [5.41, 5.74) is 0. The number of hydrogen-bond acceptors (Lipinski definition) is 2. The van der Waals surface area contributed by atoms with Crippen LogP contribution in [0.5, 0.6) is 0 Å². The van der Waals surface area contributed by atoms with Crippen molar-refractivity contribution in [2.24, 2.45) is 0 Å². The third-order valence-electron chi connectivity index (χ3n) is 3.95. The maximum atomic E-state index is 3.80. The molecule has 2 heteroatoms. The van der Waals surface area contributed by atoms with Crippen molar-refractivity contribution in [1.82, 2.24) is 10.6 Å². The van der Waals surface area contributed by atoms with E-state index in [2.05, 4.69) is 31.4 Å². The van der Waals surface area contributed by atoms with E-state index in [1.54, 1.807) is 0 Å². The molecule has 1 aliphatic rings. The smallest absolute Gasteiger partial charge is 0.00817 e. The predicted octanol–water partition coefficient (Wildman–Crippen LogP) is 3.47. The molecule has 0 radical (unpaired) electrons. The second kappa shape index (κ2) is 8.93. The van der Waals surface area contributed by atoms with Crippen LogP contribution >= 0.6 is 0 Å². The van der Waals surface area contributed by atoms with E-state index in [0.717, 1.165) is 12.1 Å². The molecule has 0 aromatic rings. The van der Waals surface area contributed by atoms with Gasteiger partial charge in [0.15, 0.2) is 0 Å². The molecule has 0 aromatic carbocycles. The van der Waals surface area contributed by atoms with Crippen molar-refractivity contribution < 1.29 is 0 Å². The summed E-state index contributed by atoms with van der Waals surface area (Å²) in [6, 6.07) is 2.13. The third kappa shape index (κ3) is 6.42. The number of hydrogen-bond donors (Lipinski definition) is 2. The van der Waals surface area contributed by atoms with Gasteiger partial charge in [0.25, 0.3) is 0 Å². The van der Waals surface area contributed by atoms with Gasteiger partial charge in [0.05, 0.1) is 0 Å². The Morgan fingerprint density at radius 2 is 2.06 bits per heavy atom. The van der Waals surface area contributed by atoms with Crippen LogP contribution in [0.1, 0.15) is 72.1 Å². The fourth-order valence-corrected chi connectivity index (χ4v) is 2.95. The minimum Gasteiger partial charge on any atom is -0.314 e. The van der Waals surface area contributed by atoms with Gasteiger partial charge in [-0.3, -0.25) is 0 Å². The topological polar surface area (TPSA) is 24.1 Å². The molecule has 102 valence electrons. The first-order chi connectivity index (χ1) is 8.26. The average Bonchev–Trinajstić information content (AvgIpc) is 2.57. The summed E-state index contributed by atoms with van der Waals surface area (Å²) >= 11 is 0. The van der Waals surface area contributed by atoms with Crippen LogP contribution in [0, 0.1) is 0 Å². The zero-order valence-corrected chi connectivity index (χ0v) is 12.1. The molecule has 2 N–H and O–H groups in total. The van der Waals surface area contributed by atoms with Crippen LogP contribution in [0.2, 0.25) is 0 Å². The lowest BCUT2D eigenvalue weighted by molar-refractivity contribution is 0.353. The molecule has 1 heterocycles. The van der Waals surface area contributed by atoms with E-state index in [9.17, 15) is 0 Å². The second-order valence-electron chi connectivity index (χ2n) is 5.70. The van der Waals surface area contributed by atoms with Crippen molar-refractivity contribution in [3.63, 3.8) is 0 Å². The molecule has 0 aromatic heterocycles. The van der Waals surface area contributed by atoms with Gasteiger partial charge in [0.2, 0.25) is 0 Å². The Balaban J connectivity index is 2.23. The summed E-state index contributed by atoms with van der Waals surface area (Å²) in [4.78, 5) is 0. The van der Waals surface area contributed by atoms with Crippen LogP contribution in [0.25, 0.3) is 0 Å². The highest BCUT2D eigenvalue weighted by atomic mass is 15.0. The molecule has 0 aliphatic carbocycles. The summed E-state index contributed by atoms with van der Waals surface area (Å²) in [5.74, 6) is 0. The second-order valence-corrected chi connectivity index (χ2v) is 5.70. The Hall–Kier alpha value is -0.0800. The molecule has 0 saturated carbocycles. The summed E-state index contributed by atoms with van der Waals surface area (Å²) in [5, 5.41) is 7.49. The van der Waals surface area contributed by atoms with E-state index >= 15 is 0 Å². The van der Waals surface area contributed by atoms with Gasteiger partial charge in [0.1, 0.15) is 0 Å². The SMILES string of the molecule is CCCC(CC)NC(C)CC1CCCCCN1. The molecule has 17 heavy (non-hydrogen) atoms. The van der Waals surface area contributed by atoms with E-state index in [1.165, 1.54) is 57.9 Å². The quantitative estimate of drug-likeness (QED) is 0.712. The molecule has 0 bridgehead atoms. The van der Waals surface area contributed by atoms with Gasteiger partial charge in [-0.1, -0.05) is 33.1 Å². The normalized spacial score (nSPS) is 25.2. The van der Waals surface area contributed by atoms with Crippen LogP contribution in [0.3, 0.4) is 0 Å². The van der Waals surface area contributed by atoms with Crippen LogP contribution in [0.15, 0.2) is 0 Å². The Bertz CT molecular complexity index is 174. The van der Waals surface area contributed by atoms with Crippen LogP contribution in [-0.4, -0.2) is 24.7 Å². The van der Waals surface area contributed by atoms with Crippen molar-refractivity contribution in [2.45, 2.75) is 90.3 Å². The van der Waals surface area contributed by atoms with Gasteiger partial charge in [0, 0.05) is 18.1 Å². The maximum absolute atomic E-state index is 3.80. The average molecular weight is 240 g/mol. The maximum Gasteiger partial charge on any atom is 0.00817 e. The van der Waals surface area contributed by atoms with Gasteiger partial charge >= 0.3 is 0 Å². The van der Waals surface area contributed by atoms with Crippen molar-refractivity contribution in [1.29, 1.82) is 0 Å². The first-order valence-corrected chi connectivity index (χ1v) is 7.75. The van der Waals surface area contributed by atoms with E-state index in [0.29, 0.717) is 6.04 Å². The highest BCUT2D eigenvalue weighted by Gasteiger charge is 2.16. The van der Waals surface area contributed by atoms with Gasteiger partial charge < -0.3 is 10.6 Å². The van der Waals surface area contributed by atoms with Gasteiger partial charge in [-0.2, -0.15) is 0 Å². The van der Waals surface area contributed by atoms with Crippen molar-refractivity contribution in [3.8, 4) is 0 Å². The molecule has 0 spiro atoms. The van der Waals surface area contributed by atoms with E-state index in [1.807, 2.05) is 0 Å². The molecule has 0 amide bonds. The number of nitrogens with one attached hydrogen (secondary N) is 2. The summed E-state index contributed by atoms with van der Waals surface area (Å²) in [7, 11) is 0. The first-order valence-electron chi connectivity index (χ1n) is 7.75. The highest BCUT2D eigenvalue weighted by molar-refractivity contribution is 4.78. The lowest BCUT2D eigenvalue weighted by atomic mass is 10.0. The zero-order chi connectivity index (χ0) is 12.5. The Morgan fingerprint density at radius 1 is 1.24 bits per heavy atom. The minimum absolute atomic E-state index is 0.655. The fourth-order valence-electron chi connectivity index (χ4n) is 2.95. The first kappa shape index (κ1) is 15.0. The monoisotopic (exact) mass is 240 g/mol. The Kier molecular flexibility index (Phi) is 7.87. The van der Waals surface area contributed by atoms with Crippen LogP contribution in [0.4, 0.5) is 0 Å². The number of rotatable bonds is 7. The van der Waals surface area contributed by atoms with Gasteiger partial charge in [-0.25, -0.2) is 0 Å². The molecule has 3 unspecified atom stereocenters. The van der Waals surface area contributed by atoms with Crippen molar-refractivity contribution >= 4 is 0 Å². The summed E-state index contributed by atoms with van der Waals surface area (Å²) < 4.78 is 0. The van der Waals surface area contributed by atoms with Gasteiger partial charge in [-0.15, -0.1) is 0 Å². The van der Waals surface area contributed by atoms with E-state index in [-0.39, 0.29) is 0 Å². The molecule has 3 atom stereocenters. The fraction of sp³-hybridized carbons (Fsp3) is 1.00. The van der Waals surface area contributed by atoms with Crippen LogP contribution < -0.4 is 10.6 Å². The van der Waals surface area contributed by atoms with E-state index < -0.39 is 0 Å². The Labute approximate surface area is 108 Å².